The Morgan fingerprint density at radius 2 is 1.92 bits per heavy atom. The Morgan fingerprint density at radius 1 is 1.08 bits per heavy atom. The molecule has 6 nitrogen and oxygen atoms in total. The summed E-state index contributed by atoms with van der Waals surface area (Å²) in [6.07, 6.45) is 4.45. The maximum absolute atomic E-state index is 11.9. The monoisotopic (exact) mass is 325 g/mol. The van der Waals surface area contributed by atoms with Gasteiger partial charge in [0.05, 0.1) is 12.8 Å². The second-order valence-corrected chi connectivity index (χ2v) is 5.56. The molecule has 0 atom stereocenters. The first-order valence-electron chi connectivity index (χ1n) is 7.82. The van der Waals surface area contributed by atoms with E-state index in [2.05, 4.69) is 29.1 Å². The zero-order valence-corrected chi connectivity index (χ0v) is 13.2. The molecule has 0 fully saturated rings. The van der Waals surface area contributed by atoms with E-state index in [-0.39, 0.29) is 18.2 Å². The van der Waals surface area contributed by atoms with Crippen LogP contribution in [0.3, 0.4) is 0 Å². The number of rotatable bonds is 4. The number of amides is 2. The largest absolute Gasteiger partial charge is 0.459 e. The zero-order valence-electron chi connectivity index (χ0n) is 13.2. The zero-order chi connectivity index (χ0) is 16.8. The summed E-state index contributed by atoms with van der Waals surface area (Å²) < 4.78 is 4.95. The third-order valence-electron chi connectivity index (χ3n) is 3.87. The summed E-state index contributed by atoms with van der Waals surface area (Å²) in [6.45, 7) is 1.75. The molecule has 6 heteroatoms. The highest BCUT2D eigenvalue weighted by Gasteiger charge is 2.16. The normalized spacial score (nSPS) is 14.8. The highest BCUT2D eigenvalue weighted by molar-refractivity contribution is 5.93. The van der Waals surface area contributed by atoms with Crippen LogP contribution in [0.2, 0.25) is 0 Å². The van der Waals surface area contributed by atoms with Gasteiger partial charge in [0.25, 0.3) is 5.91 Å². The molecule has 2 N–H and O–H groups in total. The van der Waals surface area contributed by atoms with E-state index >= 15 is 0 Å². The van der Waals surface area contributed by atoms with Gasteiger partial charge in [-0.3, -0.25) is 25.3 Å². The third kappa shape index (κ3) is 4.11. The third-order valence-corrected chi connectivity index (χ3v) is 3.87. The van der Waals surface area contributed by atoms with Gasteiger partial charge in [-0.2, -0.15) is 0 Å². The fourth-order valence-electron chi connectivity index (χ4n) is 2.61. The van der Waals surface area contributed by atoms with Crippen molar-refractivity contribution in [3.63, 3.8) is 0 Å². The van der Waals surface area contributed by atoms with E-state index in [9.17, 15) is 9.59 Å². The molecule has 24 heavy (non-hydrogen) atoms. The molecule has 0 aliphatic carbocycles. The molecule has 1 aliphatic rings. The molecule has 3 rings (SSSR count). The van der Waals surface area contributed by atoms with E-state index in [4.69, 9.17) is 4.42 Å². The summed E-state index contributed by atoms with van der Waals surface area (Å²) in [7, 11) is 0. The molecular weight excluding hydrogens is 306 g/mol. The second-order valence-electron chi connectivity index (χ2n) is 5.56. The molecule has 0 unspecified atom stereocenters. The first-order valence-corrected chi connectivity index (χ1v) is 7.82. The van der Waals surface area contributed by atoms with Gasteiger partial charge in [0.1, 0.15) is 0 Å². The van der Waals surface area contributed by atoms with Crippen molar-refractivity contribution < 1.29 is 14.0 Å². The fourth-order valence-corrected chi connectivity index (χ4v) is 2.61. The summed E-state index contributed by atoms with van der Waals surface area (Å²) in [6, 6.07) is 13.4. The van der Waals surface area contributed by atoms with Crippen molar-refractivity contribution in [2.75, 3.05) is 19.6 Å². The van der Waals surface area contributed by atoms with Crippen LogP contribution >= 0.6 is 0 Å². The van der Waals surface area contributed by atoms with Gasteiger partial charge >= 0.3 is 5.91 Å². The number of benzene rings is 1. The van der Waals surface area contributed by atoms with Crippen molar-refractivity contribution in [2.45, 2.75) is 6.42 Å². The van der Waals surface area contributed by atoms with Crippen molar-refractivity contribution in [1.29, 1.82) is 0 Å². The first-order chi connectivity index (χ1) is 11.7. The average Bonchev–Trinajstić information content (AvgIpc) is 3.16. The second kappa shape index (κ2) is 7.61. The van der Waals surface area contributed by atoms with Crippen LogP contribution in [0.5, 0.6) is 0 Å². The Balaban J connectivity index is 1.45. The summed E-state index contributed by atoms with van der Waals surface area (Å²) in [5.74, 6) is -0.576. The van der Waals surface area contributed by atoms with Crippen LogP contribution in [0.1, 0.15) is 22.5 Å². The number of hydrogen-bond donors (Lipinski definition) is 2. The van der Waals surface area contributed by atoms with E-state index in [1.807, 2.05) is 23.1 Å². The maximum atomic E-state index is 11.9. The minimum absolute atomic E-state index is 0.156. The summed E-state index contributed by atoms with van der Waals surface area (Å²) >= 11 is 0. The van der Waals surface area contributed by atoms with Crippen LogP contribution in [0.25, 0.3) is 5.57 Å². The van der Waals surface area contributed by atoms with Crippen molar-refractivity contribution in [3.8, 4) is 0 Å². The summed E-state index contributed by atoms with van der Waals surface area (Å²) in [4.78, 5) is 25.6. The number of carbonyl (C=O) groups excluding carboxylic acids is 2. The Morgan fingerprint density at radius 3 is 2.58 bits per heavy atom. The highest BCUT2D eigenvalue weighted by atomic mass is 16.3. The van der Waals surface area contributed by atoms with E-state index in [0.717, 1.165) is 13.0 Å². The fraction of sp³-hybridized carbons (Fsp3) is 0.222. The maximum Gasteiger partial charge on any atom is 0.305 e. The van der Waals surface area contributed by atoms with Crippen molar-refractivity contribution in [3.05, 3.63) is 66.1 Å². The number of hydrogen-bond acceptors (Lipinski definition) is 4. The first kappa shape index (κ1) is 16.0. The predicted octanol–water partition coefficient (Wildman–Crippen LogP) is 1.83. The Hall–Kier alpha value is -2.86. The number of nitrogens with zero attached hydrogens (tertiary/aromatic N) is 1. The lowest BCUT2D eigenvalue weighted by molar-refractivity contribution is -0.122. The molecular formula is C18H19N3O3. The number of furan rings is 1. The van der Waals surface area contributed by atoms with Crippen molar-refractivity contribution in [1.82, 2.24) is 15.8 Å². The molecule has 0 bridgehead atoms. The molecule has 0 saturated carbocycles. The Labute approximate surface area is 140 Å². The van der Waals surface area contributed by atoms with Crippen molar-refractivity contribution in [2.24, 2.45) is 0 Å². The number of carbonyl (C=O) groups is 2. The van der Waals surface area contributed by atoms with Crippen LogP contribution < -0.4 is 10.9 Å². The number of hydrazine groups is 1. The Kier molecular flexibility index (Phi) is 5.08. The molecule has 1 aliphatic heterocycles. The van der Waals surface area contributed by atoms with Gasteiger partial charge in [-0.05, 0) is 29.7 Å². The van der Waals surface area contributed by atoms with E-state index in [0.29, 0.717) is 6.54 Å². The van der Waals surface area contributed by atoms with Gasteiger partial charge in [-0.1, -0.05) is 36.4 Å². The van der Waals surface area contributed by atoms with Gasteiger partial charge in [0.15, 0.2) is 5.76 Å². The summed E-state index contributed by atoms with van der Waals surface area (Å²) in [5.41, 5.74) is 7.27. The van der Waals surface area contributed by atoms with Gasteiger partial charge in [-0.25, -0.2) is 0 Å². The van der Waals surface area contributed by atoms with Crippen LogP contribution in [-0.2, 0) is 4.79 Å². The van der Waals surface area contributed by atoms with E-state index in [1.54, 1.807) is 6.07 Å². The lowest BCUT2D eigenvalue weighted by Gasteiger charge is -2.25. The smallest absolute Gasteiger partial charge is 0.305 e. The minimum Gasteiger partial charge on any atom is -0.459 e. The minimum atomic E-state index is -0.474. The van der Waals surface area contributed by atoms with Gasteiger partial charge < -0.3 is 4.42 Å². The molecule has 2 heterocycles. The quantitative estimate of drug-likeness (QED) is 0.841. The van der Waals surface area contributed by atoms with Crippen LogP contribution in [0.15, 0.2) is 59.2 Å². The van der Waals surface area contributed by atoms with E-state index in [1.165, 1.54) is 23.5 Å². The van der Waals surface area contributed by atoms with Gasteiger partial charge in [-0.15, -0.1) is 0 Å². The van der Waals surface area contributed by atoms with Crippen LogP contribution in [0.4, 0.5) is 0 Å². The van der Waals surface area contributed by atoms with Crippen molar-refractivity contribution >= 4 is 17.4 Å². The molecule has 2 amide bonds. The lowest BCUT2D eigenvalue weighted by Crippen LogP contribution is -2.47. The highest BCUT2D eigenvalue weighted by Crippen LogP contribution is 2.21. The molecule has 0 saturated heterocycles. The summed E-state index contributed by atoms with van der Waals surface area (Å²) in [5, 5.41) is 0. The van der Waals surface area contributed by atoms with Gasteiger partial charge in [0, 0.05) is 13.1 Å². The molecule has 124 valence electrons. The topological polar surface area (TPSA) is 74.6 Å². The number of nitrogens with one attached hydrogen (secondary N) is 2. The predicted molar refractivity (Wildman–Crippen MR) is 89.8 cm³/mol. The molecule has 1 aromatic carbocycles. The average molecular weight is 325 g/mol. The standard InChI is InChI=1S/C18H19N3O3/c22-17(19-20-18(23)16-7-4-12-24-16)13-21-10-8-15(9-11-21)14-5-2-1-3-6-14/h1-8,12H,9-11,13H2,(H,19,22)(H,20,23). The SMILES string of the molecule is O=C(CN1CC=C(c2ccccc2)CC1)NNC(=O)c1ccco1. The molecule has 2 aromatic rings. The van der Waals surface area contributed by atoms with E-state index < -0.39 is 5.91 Å². The lowest BCUT2D eigenvalue weighted by atomic mass is 10.00. The Bertz CT molecular complexity index is 723. The van der Waals surface area contributed by atoms with Gasteiger partial charge in [0.2, 0.25) is 0 Å². The van der Waals surface area contributed by atoms with Crippen LogP contribution in [0, 0.1) is 0 Å². The molecule has 1 aromatic heterocycles. The molecule has 0 radical (unpaired) electrons. The van der Waals surface area contributed by atoms with Crippen LogP contribution in [-0.4, -0.2) is 36.3 Å². The molecule has 0 spiro atoms.